The third kappa shape index (κ3) is 2.58. The Morgan fingerprint density at radius 2 is 2.19 bits per heavy atom. The van der Waals surface area contributed by atoms with Gasteiger partial charge in [0.2, 0.25) is 0 Å². The van der Waals surface area contributed by atoms with E-state index < -0.39 is 0 Å². The first-order valence-corrected chi connectivity index (χ1v) is 9.18. The molecular formula is C18H29NOS. The lowest BCUT2D eigenvalue weighted by atomic mass is 9.70. The molecule has 0 aromatic carbocycles. The van der Waals surface area contributed by atoms with Crippen molar-refractivity contribution < 1.29 is 4.74 Å². The van der Waals surface area contributed by atoms with Gasteiger partial charge in [-0.2, -0.15) is 0 Å². The molecule has 2 fully saturated rings. The van der Waals surface area contributed by atoms with E-state index in [0.29, 0.717) is 16.9 Å². The maximum absolute atomic E-state index is 6.27. The second kappa shape index (κ2) is 5.68. The van der Waals surface area contributed by atoms with Gasteiger partial charge in [-0.15, -0.1) is 11.3 Å². The molecule has 118 valence electrons. The van der Waals surface area contributed by atoms with E-state index in [9.17, 15) is 0 Å². The summed E-state index contributed by atoms with van der Waals surface area (Å²) in [5.41, 5.74) is 2.25. The quantitative estimate of drug-likeness (QED) is 0.788. The van der Waals surface area contributed by atoms with Gasteiger partial charge in [-0.25, -0.2) is 0 Å². The van der Waals surface area contributed by atoms with Crippen molar-refractivity contribution in [2.45, 2.75) is 59.6 Å². The molecule has 1 heterocycles. The van der Waals surface area contributed by atoms with Gasteiger partial charge in [-0.1, -0.05) is 20.8 Å². The third-order valence-corrected chi connectivity index (χ3v) is 7.59. The van der Waals surface area contributed by atoms with Crippen LogP contribution in [-0.2, 0) is 11.3 Å². The van der Waals surface area contributed by atoms with E-state index in [2.05, 4.69) is 44.5 Å². The van der Waals surface area contributed by atoms with Crippen LogP contribution in [0.4, 0.5) is 0 Å². The first-order chi connectivity index (χ1) is 9.95. The van der Waals surface area contributed by atoms with Gasteiger partial charge in [-0.3, -0.25) is 0 Å². The van der Waals surface area contributed by atoms with Crippen LogP contribution in [0.1, 0.15) is 50.5 Å². The summed E-state index contributed by atoms with van der Waals surface area (Å²) < 4.78 is 6.27. The molecule has 3 rings (SSSR count). The molecule has 2 bridgehead atoms. The zero-order chi connectivity index (χ0) is 15.1. The summed E-state index contributed by atoms with van der Waals surface area (Å²) in [6, 6.07) is 2.19. The van der Waals surface area contributed by atoms with Crippen molar-refractivity contribution in [3.63, 3.8) is 0 Å². The van der Waals surface area contributed by atoms with Crippen LogP contribution in [0.5, 0.6) is 0 Å². The number of aryl methyl sites for hydroxylation is 1. The number of thiophene rings is 1. The molecule has 0 amide bonds. The van der Waals surface area contributed by atoms with Crippen molar-refractivity contribution in [2.24, 2.45) is 16.7 Å². The zero-order valence-corrected chi connectivity index (χ0v) is 14.7. The molecule has 2 saturated carbocycles. The molecular weight excluding hydrogens is 278 g/mol. The van der Waals surface area contributed by atoms with E-state index in [1.807, 2.05) is 11.3 Å². The average Bonchev–Trinajstić information content (AvgIpc) is 2.99. The van der Waals surface area contributed by atoms with Crippen LogP contribution in [0.15, 0.2) is 11.4 Å². The first kappa shape index (κ1) is 15.5. The summed E-state index contributed by atoms with van der Waals surface area (Å²) in [7, 11) is 0. The Morgan fingerprint density at radius 1 is 1.38 bits per heavy atom. The lowest BCUT2D eigenvalue weighted by molar-refractivity contribution is -0.0450. The van der Waals surface area contributed by atoms with Gasteiger partial charge in [0, 0.05) is 18.0 Å². The highest BCUT2D eigenvalue weighted by atomic mass is 32.1. The molecule has 0 radical (unpaired) electrons. The maximum atomic E-state index is 6.27. The second-order valence-corrected chi connectivity index (χ2v) is 8.67. The Balaban J connectivity index is 1.42. The summed E-state index contributed by atoms with van der Waals surface area (Å²) in [6.07, 6.45) is 4.49. The largest absolute Gasteiger partial charge is 0.376 e. The van der Waals surface area contributed by atoms with Gasteiger partial charge in [0.15, 0.2) is 0 Å². The summed E-state index contributed by atoms with van der Waals surface area (Å²) in [6.45, 7) is 12.3. The highest BCUT2D eigenvalue weighted by Gasteiger charge is 2.61. The van der Waals surface area contributed by atoms with Crippen LogP contribution >= 0.6 is 11.3 Å². The van der Waals surface area contributed by atoms with Crippen LogP contribution in [0.3, 0.4) is 0 Å². The van der Waals surface area contributed by atoms with E-state index in [4.69, 9.17) is 4.74 Å². The molecule has 0 aliphatic heterocycles. The maximum Gasteiger partial charge on any atom is 0.0637 e. The molecule has 1 aromatic heterocycles. The monoisotopic (exact) mass is 307 g/mol. The number of nitrogens with one attached hydrogen (secondary N) is 1. The van der Waals surface area contributed by atoms with Crippen molar-refractivity contribution >= 4 is 11.3 Å². The summed E-state index contributed by atoms with van der Waals surface area (Å²) in [4.78, 5) is 1.45. The van der Waals surface area contributed by atoms with Crippen LogP contribution in [-0.4, -0.2) is 19.3 Å². The van der Waals surface area contributed by atoms with Gasteiger partial charge < -0.3 is 10.1 Å². The van der Waals surface area contributed by atoms with Crippen LogP contribution < -0.4 is 5.32 Å². The van der Waals surface area contributed by atoms with Gasteiger partial charge in [-0.05, 0) is 59.9 Å². The fourth-order valence-electron chi connectivity index (χ4n) is 4.44. The Hall–Kier alpha value is -0.380. The lowest BCUT2D eigenvalue weighted by Crippen LogP contribution is -2.38. The standard InChI is InChI=1S/C18H29NOS/c1-13-6-10-21-15(13)12-19-8-9-20-16-11-14-5-7-18(16,4)17(14,2)3/h6,10,14,16,19H,5,7-9,11-12H2,1-4H3. The highest BCUT2D eigenvalue weighted by Crippen LogP contribution is 2.66. The predicted molar refractivity (Wildman–Crippen MR) is 89.7 cm³/mol. The Labute approximate surface area is 133 Å². The smallest absolute Gasteiger partial charge is 0.0637 e. The van der Waals surface area contributed by atoms with Crippen LogP contribution in [0, 0.1) is 23.7 Å². The molecule has 2 nitrogen and oxygen atoms in total. The fraction of sp³-hybridized carbons (Fsp3) is 0.778. The Kier molecular flexibility index (Phi) is 4.19. The molecule has 1 aromatic rings. The Bertz CT molecular complexity index is 495. The van der Waals surface area contributed by atoms with Gasteiger partial charge >= 0.3 is 0 Å². The number of rotatable bonds is 6. The van der Waals surface area contributed by atoms with E-state index in [1.54, 1.807) is 0 Å². The summed E-state index contributed by atoms with van der Waals surface area (Å²) in [5, 5.41) is 5.68. The van der Waals surface area contributed by atoms with Gasteiger partial charge in [0.05, 0.1) is 12.7 Å². The molecule has 1 N–H and O–H groups in total. The zero-order valence-electron chi connectivity index (χ0n) is 13.9. The topological polar surface area (TPSA) is 21.3 Å². The molecule has 21 heavy (non-hydrogen) atoms. The second-order valence-electron chi connectivity index (χ2n) is 7.67. The minimum Gasteiger partial charge on any atom is -0.376 e. The SMILES string of the molecule is Cc1ccsc1CNCCOC1CC2CCC1(C)C2(C)C. The third-order valence-electron chi connectivity index (χ3n) is 6.57. The van der Waals surface area contributed by atoms with Crippen molar-refractivity contribution in [1.82, 2.24) is 5.32 Å². The van der Waals surface area contributed by atoms with E-state index in [-0.39, 0.29) is 0 Å². The molecule has 3 atom stereocenters. The Morgan fingerprint density at radius 3 is 2.76 bits per heavy atom. The number of ether oxygens (including phenoxy) is 1. The van der Waals surface area contributed by atoms with E-state index in [1.165, 1.54) is 29.7 Å². The predicted octanol–water partition coefficient (Wildman–Crippen LogP) is 4.38. The number of fused-ring (bicyclic) bond motifs is 2. The average molecular weight is 308 g/mol. The minimum atomic E-state index is 0.391. The van der Waals surface area contributed by atoms with Crippen molar-refractivity contribution in [1.29, 1.82) is 0 Å². The molecule has 3 heteroatoms. The highest BCUT2D eigenvalue weighted by molar-refractivity contribution is 7.10. The normalized spacial score (nSPS) is 33.7. The van der Waals surface area contributed by atoms with E-state index in [0.717, 1.165) is 25.6 Å². The van der Waals surface area contributed by atoms with Crippen molar-refractivity contribution in [2.75, 3.05) is 13.2 Å². The summed E-state index contributed by atoms with van der Waals surface area (Å²) >= 11 is 1.84. The molecule has 3 unspecified atom stereocenters. The minimum absolute atomic E-state index is 0.391. The van der Waals surface area contributed by atoms with Crippen molar-refractivity contribution in [3.05, 3.63) is 21.9 Å². The van der Waals surface area contributed by atoms with Crippen LogP contribution in [0.2, 0.25) is 0 Å². The van der Waals surface area contributed by atoms with E-state index >= 15 is 0 Å². The lowest BCUT2D eigenvalue weighted by Gasteiger charge is -2.38. The molecule has 2 aliphatic carbocycles. The fourth-order valence-corrected chi connectivity index (χ4v) is 5.32. The van der Waals surface area contributed by atoms with Crippen molar-refractivity contribution in [3.8, 4) is 0 Å². The molecule has 0 spiro atoms. The number of hydrogen-bond donors (Lipinski definition) is 1. The first-order valence-electron chi connectivity index (χ1n) is 8.30. The molecule has 0 saturated heterocycles. The number of hydrogen-bond acceptors (Lipinski definition) is 3. The van der Waals surface area contributed by atoms with Gasteiger partial charge in [0.25, 0.3) is 0 Å². The van der Waals surface area contributed by atoms with Crippen LogP contribution in [0.25, 0.3) is 0 Å². The summed E-state index contributed by atoms with van der Waals surface area (Å²) in [5.74, 6) is 0.870. The molecule has 2 aliphatic rings. The van der Waals surface area contributed by atoms with Gasteiger partial charge in [0.1, 0.15) is 0 Å².